The summed E-state index contributed by atoms with van der Waals surface area (Å²) >= 11 is 0. The predicted octanol–water partition coefficient (Wildman–Crippen LogP) is 0.125. The molecule has 108 valence electrons. The first kappa shape index (κ1) is 14.3. The van der Waals surface area contributed by atoms with Gasteiger partial charge in [-0.2, -0.15) is 0 Å². The third-order valence-electron chi connectivity index (χ3n) is 4.20. The number of carboxylic acids is 1. The highest BCUT2D eigenvalue weighted by molar-refractivity contribution is 5.90. The second kappa shape index (κ2) is 5.88. The molecule has 3 N–H and O–H groups in total. The summed E-state index contributed by atoms with van der Waals surface area (Å²) in [5.41, 5.74) is -1.24. The summed E-state index contributed by atoms with van der Waals surface area (Å²) in [6.07, 6.45) is 3.24. The standard InChI is InChI=1S/C13H22N2O4/c1-2-9-3-5-14-10(7-9)11(16)15-13(12(17)18)4-6-19-8-13/h9-10,14H,2-8H2,1H3,(H,15,16)(H,17,18). The van der Waals surface area contributed by atoms with E-state index in [1.807, 2.05) is 0 Å². The van der Waals surface area contributed by atoms with Crippen molar-refractivity contribution < 1.29 is 19.4 Å². The number of carbonyl (C=O) groups excluding carboxylic acids is 1. The number of aliphatic carboxylic acids is 1. The SMILES string of the molecule is CCC1CCNC(C(=O)NC2(C(=O)O)CCOC2)C1. The Kier molecular flexibility index (Phi) is 4.42. The molecule has 2 aliphatic rings. The average molecular weight is 270 g/mol. The van der Waals surface area contributed by atoms with E-state index in [1.54, 1.807) is 0 Å². The monoisotopic (exact) mass is 270 g/mol. The smallest absolute Gasteiger partial charge is 0.331 e. The van der Waals surface area contributed by atoms with Gasteiger partial charge < -0.3 is 20.5 Å². The fourth-order valence-corrected chi connectivity index (χ4v) is 2.78. The molecule has 6 nitrogen and oxygen atoms in total. The van der Waals surface area contributed by atoms with Gasteiger partial charge in [-0.25, -0.2) is 4.79 Å². The fraction of sp³-hybridized carbons (Fsp3) is 0.846. The van der Waals surface area contributed by atoms with E-state index in [0.29, 0.717) is 18.9 Å². The molecular weight excluding hydrogens is 248 g/mol. The average Bonchev–Trinajstić information content (AvgIpc) is 2.88. The summed E-state index contributed by atoms with van der Waals surface area (Å²) in [5, 5.41) is 15.1. The molecule has 3 atom stereocenters. The van der Waals surface area contributed by atoms with Crippen LogP contribution in [0.3, 0.4) is 0 Å². The third-order valence-corrected chi connectivity index (χ3v) is 4.20. The van der Waals surface area contributed by atoms with Crippen molar-refractivity contribution in [2.45, 2.75) is 44.2 Å². The van der Waals surface area contributed by atoms with Crippen LogP contribution in [0.5, 0.6) is 0 Å². The molecule has 2 rings (SSSR count). The van der Waals surface area contributed by atoms with Crippen molar-refractivity contribution in [2.24, 2.45) is 5.92 Å². The van der Waals surface area contributed by atoms with Crippen molar-refractivity contribution in [3.63, 3.8) is 0 Å². The highest BCUT2D eigenvalue weighted by Crippen LogP contribution is 2.22. The summed E-state index contributed by atoms with van der Waals surface area (Å²) in [6, 6.07) is -0.282. The second-order valence-electron chi connectivity index (χ2n) is 5.48. The van der Waals surface area contributed by atoms with Gasteiger partial charge in [0.15, 0.2) is 5.54 Å². The summed E-state index contributed by atoms with van der Waals surface area (Å²) in [4.78, 5) is 23.6. The third kappa shape index (κ3) is 3.06. The molecule has 0 saturated carbocycles. The number of nitrogens with one attached hydrogen (secondary N) is 2. The maximum absolute atomic E-state index is 12.2. The van der Waals surface area contributed by atoms with Crippen LogP contribution in [-0.2, 0) is 14.3 Å². The molecule has 0 aromatic heterocycles. The fourth-order valence-electron chi connectivity index (χ4n) is 2.78. The van der Waals surface area contributed by atoms with Gasteiger partial charge in [0.1, 0.15) is 0 Å². The Balaban J connectivity index is 1.97. The number of hydrogen-bond donors (Lipinski definition) is 3. The van der Waals surface area contributed by atoms with Crippen molar-refractivity contribution in [2.75, 3.05) is 19.8 Å². The van der Waals surface area contributed by atoms with Gasteiger partial charge >= 0.3 is 5.97 Å². The maximum Gasteiger partial charge on any atom is 0.331 e. The van der Waals surface area contributed by atoms with Crippen molar-refractivity contribution in [3.05, 3.63) is 0 Å². The molecular formula is C13H22N2O4. The van der Waals surface area contributed by atoms with Crippen LogP contribution in [0.4, 0.5) is 0 Å². The van der Waals surface area contributed by atoms with Gasteiger partial charge in [-0.05, 0) is 25.3 Å². The molecule has 6 heteroatoms. The molecule has 19 heavy (non-hydrogen) atoms. The first-order chi connectivity index (χ1) is 9.07. The van der Waals surface area contributed by atoms with E-state index in [1.165, 1.54) is 0 Å². The normalized spacial score (nSPS) is 35.0. The highest BCUT2D eigenvalue weighted by atomic mass is 16.5. The maximum atomic E-state index is 12.2. The van der Waals surface area contributed by atoms with Gasteiger partial charge in [0, 0.05) is 13.0 Å². The van der Waals surface area contributed by atoms with E-state index >= 15 is 0 Å². The molecule has 0 aliphatic carbocycles. The second-order valence-corrected chi connectivity index (χ2v) is 5.48. The Bertz CT molecular complexity index is 353. The van der Waals surface area contributed by atoms with E-state index in [9.17, 15) is 14.7 Å². The summed E-state index contributed by atoms with van der Waals surface area (Å²) in [5.74, 6) is -0.690. The number of piperidine rings is 1. The molecule has 3 unspecified atom stereocenters. The largest absolute Gasteiger partial charge is 0.479 e. The van der Waals surface area contributed by atoms with Gasteiger partial charge in [0.2, 0.25) is 5.91 Å². The van der Waals surface area contributed by atoms with E-state index in [4.69, 9.17) is 4.74 Å². The summed E-state index contributed by atoms with van der Waals surface area (Å²) < 4.78 is 5.14. The minimum atomic E-state index is -1.24. The van der Waals surface area contributed by atoms with Gasteiger partial charge in [0.05, 0.1) is 12.6 Å². The molecule has 0 radical (unpaired) electrons. The van der Waals surface area contributed by atoms with Crippen molar-refractivity contribution >= 4 is 11.9 Å². The Morgan fingerprint density at radius 3 is 2.89 bits per heavy atom. The molecule has 0 aromatic carbocycles. The molecule has 0 aromatic rings. The molecule has 1 amide bonds. The van der Waals surface area contributed by atoms with E-state index < -0.39 is 11.5 Å². The van der Waals surface area contributed by atoms with Crippen LogP contribution in [0.1, 0.15) is 32.6 Å². The summed E-state index contributed by atoms with van der Waals surface area (Å²) in [7, 11) is 0. The molecule has 0 spiro atoms. The number of rotatable bonds is 4. The zero-order valence-electron chi connectivity index (χ0n) is 11.3. The van der Waals surface area contributed by atoms with Gasteiger partial charge in [0.25, 0.3) is 0 Å². The Hall–Kier alpha value is -1.14. The van der Waals surface area contributed by atoms with Crippen LogP contribution in [0, 0.1) is 5.92 Å². The lowest BCUT2D eigenvalue weighted by atomic mass is 9.89. The van der Waals surface area contributed by atoms with Gasteiger partial charge in [-0.3, -0.25) is 4.79 Å². The van der Waals surface area contributed by atoms with Crippen LogP contribution in [-0.4, -0.2) is 48.3 Å². The van der Waals surface area contributed by atoms with Gasteiger partial charge in [-0.15, -0.1) is 0 Å². The van der Waals surface area contributed by atoms with Crippen LogP contribution >= 0.6 is 0 Å². The minimum absolute atomic E-state index is 0.0536. The van der Waals surface area contributed by atoms with Crippen LogP contribution < -0.4 is 10.6 Å². The van der Waals surface area contributed by atoms with E-state index in [2.05, 4.69) is 17.6 Å². The number of carboxylic acid groups (broad SMARTS) is 1. The summed E-state index contributed by atoms with van der Waals surface area (Å²) in [6.45, 7) is 3.36. The number of carbonyl (C=O) groups is 2. The zero-order valence-corrected chi connectivity index (χ0v) is 11.3. The molecule has 2 saturated heterocycles. The number of amides is 1. The molecule has 2 heterocycles. The van der Waals surface area contributed by atoms with Crippen LogP contribution in [0.15, 0.2) is 0 Å². The lowest BCUT2D eigenvalue weighted by Crippen LogP contribution is -2.60. The molecule has 2 fully saturated rings. The zero-order chi connectivity index (χ0) is 13.9. The molecule has 2 aliphatic heterocycles. The number of ether oxygens (including phenoxy) is 1. The van der Waals surface area contributed by atoms with Crippen molar-refractivity contribution in [3.8, 4) is 0 Å². The van der Waals surface area contributed by atoms with Crippen LogP contribution in [0.25, 0.3) is 0 Å². The van der Waals surface area contributed by atoms with E-state index in [0.717, 1.165) is 25.8 Å². The molecule has 0 bridgehead atoms. The van der Waals surface area contributed by atoms with Gasteiger partial charge in [-0.1, -0.05) is 13.3 Å². The van der Waals surface area contributed by atoms with Crippen LogP contribution in [0.2, 0.25) is 0 Å². The first-order valence-electron chi connectivity index (χ1n) is 6.94. The van der Waals surface area contributed by atoms with Crippen molar-refractivity contribution in [1.82, 2.24) is 10.6 Å². The van der Waals surface area contributed by atoms with Crippen molar-refractivity contribution in [1.29, 1.82) is 0 Å². The Labute approximate surface area is 112 Å². The highest BCUT2D eigenvalue weighted by Gasteiger charge is 2.45. The minimum Gasteiger partial charge on any atom is -0.479 e. The Morgan fingerprint density at radius 2 is 2.32 bits per heavy atom. The lowest BCUT2D eigenvalue weighted by Gasteiger charge is -2.32. The van der Waals surface area contributed by atoms with E-state index in [-0.39, 0.29) is 18.6 Å². The lowest BCUT2D eigenvalue weighted by molar-refractivity contribution is -0.148. The predicted molar refractivity (Wildman–Crippen MR) is 68.8 cm³/mol. The quantitative estimate of drug-likeness (QED) is 0.675. The first-order valence-corrected chi connectivity index (χ1v) is 6.94. The number of hydrogen-bond acceptors (Lipinski definition) is 4. The Morgan fingerprint density at radius 1 is 1.53 bits per heavy atom. The topological polar surface area (TPSA) is 87.7 Å².